The molecule has 2 heterocycles. The Morgan fingerprint density at radius 3 is 2.36 bits per heavy atom. The maximum absolute atomic E-state index is 5.61. The van der Waals surface area contributed by atoms with Crippen LogP contribution in [-0.2, 0) is 0 Å². The van der Waals surface area contributed by atoms with Gasteiger partial charge in [0.15, 0.2) is 0 Å². The molecule has 1 aliphatic heterocycles. The van der Waals surface area contributed by atoms with Crippen LogP contribution in [-0.4, -0.2) is 18.1 Å². The lowest BCUT2D eigenvalue weighted by Gasteiger charge is -2.21. The van der Waals surface area contributed by atoms with Crippen LogP contribution in [0.15, 0.2) is 18.3 Å². The second-order valence-corrected chi connectivity index (χ2v) is 3.85. The molecular formula is C11H17N3. The fourth-order valence-corrected chi connectivity index (χ4v) is 1.88. The number of hydrogen-bond donors (Lipinski definition) is 1. The first kappa shape index (κ1) is 9.31. The summed E-state index contributed by atoms with van der Waals surface area (Å²) in [5, 5.41) is 0. The maximum atomic E-state index is 5.61. The minimum atomic E-state index is 0.739. The van der Waals surface area contributed by atoms with Gasteiger partial charge in [0, 0.05) is 13.1 Å². The van der Waals surface area contributed by atoms with E-state index in [9.17, 15) is 0 Å². The van der Waals surface area contributed by atoms with Gasteiger partial charge in [0.2, 0.25) is 0 Å². The molecule has 0 spiro atoms. The van der Waals surface area contributed by atoms with Crippen molar-refractivity contribution in [1.29, 1.82) is 0 Å². The molecule has 3 heteroatoms. The summed E-state index contributed by atoms with van der Waals surface area (Å²) in [6.45, 7) is 2.27. The summed E-state index contributed by atoms with van der Waals surface area (Å²) in [7, 11) is 0. The largest absolute Gasteiger partial charge is 0.397 e. The first-order chi connectivity index (χ1) is 6.86. The van der Waals surface area contributed by atoms with Crippen LogP contribution < -0.4 is 10.6 Å². The molecule has 0 atom stereocenters. The van der Waals surface area contributed by atoms with Crippen molar-refractivity contribution in [3.63, 3.8) is 0 Å². The minimum Gasteiger partial charge on any atom is -0.397 e. The average molecular weight is 191 g/mol. The number of nitrogen functional groups attached to an aromatic ring is 1. The van der Waals surface area contributed by atoms with E-state index in [-0.39, 0.29) is 0 Å². The monoisotopic (exact) mass is 191 g/mol. The zero-order valence-corrected chi connectivity index (χ0v) is 8.45. The lowest BCUT2D eigenvalue weighted by molar-refractivity contribution is 0.726. The Morgan fingerprint density at radius 2 is 1.79 bits per heavy atom. The van der Waals surface area contributed by atoms with Crippen molar-refractivity contribution in [2.75, 3.05) is 23.7 Å². The number of nitrogens with zero attached hydrogens (tertiary/aromatic N) is 2. The van der Waals surface area contributed by atoms with E-state index in [1.54, 1.807) is 6.20 Å². The van der Waals surface area contributed by atoms with Crippen molar-refractivity contribution >= 4 is 11.5 Å². The highest BCUT2D eigenvalue weighted by Crippen LogP contribution is 2.17. The molecule has 3 nitrogen and oxygen atoms in total. The fourth-order valence-electron chi connectivity index (χ4n) is 1.88. The average Bonchev–Trinajstić information content (AvgIpc) is 2.47. The predicted molar refractivity (Wildman–Crippen MR) is 59.3 cm³/mol. The number of hydrogen-bond acceptors (Lipinski definition) is 3. The Bertz CT molecular complexity index is 273. The molecule has 0 radical (unpaired) electrons. The van der Waals surface area contributed by atoms with E-state index in [0.29, 0.717) is 0 Å². The summed E-state index contributed by atoms with van der Waals surface area (Å²) in [6, 6.07) is 3.94. The Balaban J connectivity index is 2.08. The lowest BCUT2D eigenvalue weighted by Crippen LogP contribution is -2.24. The van der Waals surface area contributed by atoms with Crippen LogP contribution >= 0.6 is 0 Å². The fraction of sp³-hybridized carbons (Fsp3) is 0.545. The van der Waals surface area contributed by atoms with Gasteiger partial charge < -0.3 is 10.6 Å². The van der Waals surface area contributed by atoms with Gasteiger partial charge in [-0.3, -0.25) is 0 Å². The number of nitrogens with two attached hydrogens (primary N) is 1. The van der Waals surface area contributed by atoms with Gasteiger partial charge in [-0.25, -0.2) is 4.98 Å². The SMILES string of the molecule is Nc1ccc(N2CCCCCC2)nc1. The standard InChI is InChI=1S/C11H17N3/c12-10-5-6-11(13-9-10)14-7-3-1-2-4-8-14/h5-6,9H,1-4,7-8,12H2. The van der Waals surface area contributed by atoms with E-state index >= 15 is 0 Å². The zero-order chi connectivity index (χ0) is 9.80. The van der Waals surface area contributed by atoms with Crippen LogP contribution in [0.25, 0.3) is 0 Å². The minimum absolute atomic E-state index is 0.739. The van der Waals surface area contributed by atoms with Crippen molar-refractivity contribution in [2.45, 2.75) is 25.7 Å². The van der Waals surface area contributed by atoms with Gasteiger partial charge in [-0.05, 0) is 25.0 Å². The molecule has 0 unspecified atom stereocenters. The predicted octanol–water partition coefficient (Wildman–Crippen LogP) is 2.04. The summed E-state index contributed by atoms with van der Waals surface area (Å²) in [4.78, 5) is 6.70. The topological polar surface area (TPSA) is 42.1 Å². The van der Waals surface area contributed by atoms with Crippen molar-refractivity contribution < 1.29 is 0 Å². The van der Waals surface area contributed by atoms with Crippen molar-refractivity contribution in [3.05, 3.63) is 18.3 Å². The molecule has 0 aliphatic carbocycles. The van der Waals surface area contributed by atoms with Crippen molar-refractivity contribution in [1.82, 2.24) is 4.98 Å². The van der Waals surface area contributed by atoms with E-state index in [1.165, 1.54) is 25.7 Å². The molecule has 2 rings (SSSR count). The molecule has 1 saturated heterocycles. The van der Waals surface area contributed by atoms with Gasteiger partial charge >= 0.3 is 0 Å². The lowest BCUT2D eigenvalue weighted by atomic mass is 10.2. The molecule has 2 N–H and O–H groups in total. The highest BCUT2D eigenvalue weighted by atomic mass is 15.2. The van der Waals surface area contributed by atoms with E-state index in [2.05, 4.69) is 9.88 Å². The van der Waals surface area contributed by atoms with Crippen molar-refractivity contribution in [3.8, 4) is 0 Å². The van der Waals surface area contributed by atoms with Gasteiger partial charge in [-0.15, -0.1) is 0 Å². The molecular weight excluding hydrogens is 174 g/mol. The maximum Gasteiger partial charge on any atom is 0.128 e. The van der Waals surface area contributed by atoms with Gasteiger partial charge in [0.05, 0.1) is 11.9 Å². The normalized spacial score (nSPS) is 17.9. The second-order valence-electron chi connectivity index (χ2n) is 3.85. The third-order valence-electron chi connectivity index (χ3n) is 2.70. The summed E-state index contributed by atoms with van der Waals surface area (Å²) < 4.78 is 0. The van der Waals surface area contributed by atoms with E-state index in [0.717, 1.165) is 24.6 Å². The van der Waals surface area contributed by atoms with E-state index < -0.39 is 0 Å². The molecule has 1 aromatic heterocycles. The number of aromatic nitrogens is 1. The molecule has 0 amide bonds. The molecule has 1 aliphatic rings. The first-order valence-corrected chi connectivity index (χ1v) is 5.33. The van der Waals surface area contributed by atoms with Gasteiger partial charge in [-0.2, -0.15) is 0 Å². The number of anilines is 2. The van der Waals surface area contributed by atoms with Crippen molar-refractivity contribution in [2.24, 2.45) is 0 Å². The summed E-state index contributed by atoms with van der Waals surface area (Å²) in [6.07, 6.45) is 7.01. The molecule has 1 aromatic rings. The number of rotatable bonds is 1. The van der Waals surface area contributed by atoms with Crippen LogP contribution in [0.4, 0.5) is 11.5 Å². The highest BCUT2D eigenvalue weighted by Gasteiger charge is 2.09. The zero-order valence-electron chi connectivity index (χ0n) is 8.45. The Morgan fingerprint density at radius 1 is 1.07 bits per heavy atom. The quantitative estimate of drug-likeness (QED) is 0.738. The highest BCUT2D eigenvalue weighted by molar-refractivity contribution is 5.45. The summed E-state index contributed by atoms with van der Waals surface area (Å²) >= 11 is 0. The summed E-state index contributed by atoms with van der Waals surface area (Å²) in [5.41, 5.74) is 6.35. The molecule has 1 fully saturated rings. The van der Waals surface area contributed by atoms with Crippen LogP contribution in [0.2, 0.25) is 0 Å². The second kappa shape index (κ2) is 4.31. The van der Waals surface area contributed by atoms with Crippen LogP contribution in [0.3, 0.4) is 0 Å². The van der Waals surface area contributed by atoms with E-state index in [1.807, 2.05) is 12.1 Å². The molecule has 0 saturated carbocycles. The van der Waals surface area contributed by atoms with Crippen LogP contribution in [0.5, 0.6) is 0 Å². The third-order valence-corrected chi connectivity index (χ3v) is 2.70. The van der Waals surface area contributed by atoms with Gasteiger partial charge in [-0.1, -0.05) is 12.8 Å². The number of pyridine rings is 1. The van der Waals surface area contributed by atoms with E-state index in [4.69, 9.17) is 5.73 Å². The smallest absolute Gasteiger partial charge is 0.128 e. The summed E-state index contributed by atoms with van der Waals surface area (Å²) in [5.74, 6) is 1.07. The molecule has 0 bridgehead atoms. The molecule has 14 heavy (non-hydrogen) atoms. The Hall–Kier alpha value is -1.25. The first-order valence-electron chi connectivity index (χ1n) is 5.33. The van der Waals surface area contributed by atoms with Gasteiger partial charge in [0.25, 0.3) is 0 Å². The Kier molecular flexibility index (Phi) is 2.87. The molecule has 0 aromatic carbocycles. The van der Waals surface area contributed by atoms with Gasteiger partial charge in [0.1, 0.15) is 5.82 Å². The third kappa shape index (κ3) is 2.16. The van der Waals surface area contributed by atoms with Crippen LogP contribution in [0, 0.1) is 0 Å². The Labute approximate surface area is 84.9 Å². The molecule has 76 valence electrons. The van der Waals surface area contributed by atoms with Crippen LogP contribution in [0.1, 0.15) is 25.7 Å².